The van der Waals surface area contributed by atoms with E-state index in [0.717, 1.165) is 0 Å². The molecule has 0 radical (unpaired) electrons. The molecule has 0 saturated carbocycles. The maximum Gasteiger partial charge on any atom is 0.309 e. The Hall–Kier alpha value is -2.40. The lowest BCUT2D eigenvalue weighted by molar-refractivity contribution is -0.153. The molecule has 2 amide bonds. The monoisotopic (exact) mass is 349 g/mol. The summed E-state index contributed by atoms with van der Waals surface area (Å²) in [6, 6.07) is 5.54. The third kappa shape index (κ3) is 5.06. The zero-order chi connectivity index (χ0) is 17.4. The second kappa shape index (κ2) is 9.03. The van der Waals surface area contributed by atoms with Gasteiger partial charge in [0, 0.05) is 19.6 Å². The van der Waals surface area contributed by atoms with Crippen LogP contribution in [0.4, 0.5) is 0 Å². The van der Waals surface area contributed by atoms with Crippen LogP contribution < -0.4 is 5.32 Å². The fourth-order valence-electron chi connectivity index (χ4n) is 2.44. The van der Waals surface area contributed by atoms with E-state index in [1.807, 2.05) is 17.5 Å². The summed E-state index contributed by atoms with van der Waals surface area (Å²) in [4.78, 5) is 38.1. The maximum absolute atomic E-state index is 12.2. The summed E-state index contributed by atoms with van der Waals surface area (Å²) in [7, 11) is 0. The third-order valence-electron chi connectivity index (χ3n) is 3.75. The number of nitriles is 1. The molecule has 0 unspecified atom stereocenters. The van der Waals surface area contributed by atoms with Crippen molar-refractivity contribution < 1.29 is 19.1 Å². The lowest BCUT2D eigenvalue weighted by Gasteiger charge is -2.30. The summed E-state index contributed by atoms with van der Waals surface area (Å²) in [5, 5.41) is 12.7. The molecule has 1 saturated heterocycles. The highest BCUT2D eigenvalue weighted by Crippen LogP contribution is 2.21. The minimum Gasteiger partial charge on any atom is -0.455 e. The molecule has 128 valence electrons. The van der Waals surface area contributed by atoms with E-state index >= 15 is 0 Å². The molecule has 7 nitrogen and oxygen atoms in total. The van der Waals surface area contributed by atoms with Gasteiger partial charge in [-0.15, -0.1) is 11.3 Å². The predicted molar refractivity (Wildman–Crippen MR) is 87.1 cm³/mol. The minimum absolute atomic E-state index is 0.00584. The molecule has 0 aliphatic carbocycles. The molecule has 1 aromatic rings. The maximum atomic E-state index is 12.2. The first-order valence-corrected chi connectivity index (χ1v) is 8.63. The highest BCUT2D eigenvalue weighted by atomic mass is 32.1. The van der Waals surface area contributed by atoms with E-state index in [2.05, 4.69) is 5.32 Å². The van der Waals surface area contributed by atoms with E-state index in [1.54, 1.807) is 11.0 Å². The first kappa shape index (κ1) is 17.9. The zero-order valence-electron chi connectivity index (χ0n) is 13.2. The summed E-state index contributed by atoms with van der Waals surface area (Å²) in [6.45, 7) is 0.921. The number of carbonyl (C=O) groups is 3. The normalized spacial score (nSPS) is 14.7. The van der Waals surface area contributed by atoms with Crippen LogP contribution in [0.3, 0.4) is 0 Å². The van der Waals surface area contributed by atoms with Crippen LogP contribution in [0.25, 0.3) is 0 Å². The van der Waals surface area contributed by atoms with Crippen LogP contribution in [0.1, 0.15) is 28.9 Å². The number of thiophene rings is 1. The number of nitrogens with zero attached hydrogens (tertiary/aromatic N) is 2. The van der Waals surface area contributed by atoms with E-state index in [4.69, 9.17) is 10.00 Å². The van der Waals surface area contributed by atoms with Gasteiger partial charge in [-0.05, 0) is 24.3 Å². The van der Waals surface area contributed by atoms with Crippen LogP contribution in [0.15, 0.2) is 17.5 Å². The summed E-state index contributed by atoms with van der Waals surface area (Å²) < 4.78 is 5.01. The van der Waals surface area contributed by atoms with Crippen LogP contribution in [-0.4, -0.2) is 48.9 Å². The van der Waals surface area contributed by atoms with Gasteiger partial charge in [0.2, 0.25) is 0 Å². The number of rotatable bonds is 6. The number of piperidine rings is 1. The summed E-state index contributed by atoms with van der Waals surface area (Å²) >= 11 is 1.40. The van der Waals surface area contributed by atoms with Crippen molar-refractivity contribution in [2.45, 2.75) is 19.3 Å². The Morgan fingerprint density at radius 2 is 2.12 bits per heavy atom. The molecule has 0 aromatic carbocycles. The first-order valence-electron chi connectivity index (χ1n) is 7.75. The lowest BCUT2D eigenvalue weighted by atomic mass is 9.97. The van der Waals surface area contributed by atoms with Crippen LogP contribution in [0.2, 0.25) is 0 Å². The van der Waals surface area contributed by atoms with Crippen molar-refractivity contribution in [2.24, 2.45) is 5.92 Å². The molecule has 8 heteroatoms. The zero-order valence-corrected chi connectivity index (χ0v) is 14.0. The first-order chi connectivity index (χ1) is 11.6. The standard InChI is InChI=1S/C16H19N3O4S/c17-6-2-7-18-14(20)11-23-16(22)12-4-8-19(9-5-12)15(21)13-3-1-10-24-13/h1,3,10,12H,2,4-5,7-9,11H2,(H,18,20). The molecular weight excluding hydrogens is 330 g/mol. The lowest BCUT2D eigenvalue weighted by Crippen LogP contribution is -2.41. The predicted octanol–water partition coefficient (Wildman–Crippen LogP) is 1.17. The summed E-state index contributed by atoms with van der Waals surface area (Å²) in [5.41, 5.74) is 0. The van der Waals surface area contributed by atoms with Gasteiger partial charge in [-0.25, -0.2) is 0 Å². The second-order valence-electron chi connectivity index (χ2n) is 5.41. The number of ether oxygens (including phenoxy) is 1. The highest BCUT2D eigenvalue weighted by molar-refractivity contribution is 7.12. The number of hydrogen-bond donors (Lipinski definition) is 1. The van der Waals surface area contributed by atoms with Gasteiger partial charge in [-0.2, -0.15) is 5.26 Å². The van der Waals surface area contributed by atoms with Crippen molar-refractivity contribution in [3.63, 3.8) is 0 Å². The fourth-order valence-corrected chi connectivity index (χ4v) is 3.13. The van der Waals surface area contributed by atoms with Gasteiger partial charge in [0.25, 0.3) is 11.8 Å². The molecule has 1 aliphatic heterocycles. The van der Waals surface area contributed by atoms with Gasteiger partial charge < -0.3 is 15.0 Å². The topological polar surface area (TPSA) is 99.5 Å². The Morgan fingerprint density at radius 1 is 1.38 bits per heavy atom. The molecule has 1 aliphatic rings. The van der Waals surface area contributed by atoms with Gasteiger partial charge in [0.15, 0.2) is 6.61 Å². The minimum atomic E-state index is -0.413. The average Bonchev–Trinajstić information content (AvgIpc) is 3.14. The van der Waals surface area contributed by atoms with Crippen molar-refractivity contribution in [2.75, 3.05) is 26.2 Å². The summed E-state index contributed by atoms with van der Waals surface area (Å²) in [6.07, 6.45) is 1.29. The van der Waals surface area contributed by atoms with E-state index in [9.17, 15) is 14.4 Å². The van der Waals surface area contributed by atoms with Crippen LogP contribution in [0, 0.1) is 17.2 Å². The third-order valence-corrected chi connectivity index (χ3v) is 4.61. The molecule has 1 N–H and O–H groups in total. The van der Waals surface area contributed by atoms with E-state index in [-0.39, 0.29) is 31.4 Å². The molecule has 2 heterocycles. The number of likely N-dealkylation sites (tertiary alicyclic amines) is 1. The van der Waals surface area contributed by atoms with Crippen LogP contribution in [-0.2, 0) is 14.3 Å². The fraction of sp³-hybridized carbons (Fsp3) is 0.500. The molecule has 24 heavy (non-hydrogen) atoms. The quantitative estimate of drug-likeness (QED) is 0.614. The van der Waals surface area contributed by atoms with Crippen molar-refractivity contribution >= 4 is 29.1 Å². The van der Waals surface area contributed by atoms with E-state index < -0.39 is 11.9 Å². The average molecular weight is 349 g/mol. The number of carbonyl (C=O) groups excluding carboxylic acids is 3. The summed E-state index contributed by atoms with van der Waals surface area (Å²) in [5.74, 6) is -1.12. The number of hydrogen-bond acceptors (Lipinski definition) is 6. The molecule has 0 spiro atoms. The van der Waals surface area contributed by atoms with Gasteiger partial charge in [-0.3, -0.25) is 14.4 Å². The van der Waals surface area contributed by atoms with E-state index in [0.29, 0.717) is 30.8 Å². The van der Waals surface area contributed by atoms with Gasteiger partial charge >= 0.3 is 5.97 Å². The van der Waals surface area contributed by atoms with Crippen molar-refractivity contribution in [3.8, 4) is 6.07 Å². The number of esters is 1. The number of nitrogens with one attached hydrogen (secondary N) is 1. The molecule has 1 fully saturated rings. The van der Waals surface area contributed by atoms with Gasteiger partial charge in [0.1, 0.15) is 0 Å². The van der Waals surface area contributed by atoms with Crippen molar-refractivity contribution in [1.29, 1.82) is 5.26 Å². The van der Waals surface area contributed by atoms with Crippen molar-refractivity contribution in [3.05, 3.63) is 22.4 Å². The van der Waals surface area contributed by atoms with Crippen LogP contribution in [0.5, 0.6) is 0 Å². The molecule has 1 aromatic heterocycles. The van der Waals surface area contributed by atoms with Crippen molar-refractivity contribution in [1.82, 2.24) is 10.2 Å². The Morgan fingerprint density at radius 3 is 2.75 bits per heavy atom. The second-order valence-corrected chi connectivity index (χ2v) is 6.36. The Kier molecular flexibility index (Phi) is 6.75. The molecule has 2 rings (SSSR count). The van der Waals surface area contributed by atoms with Gasteiger partial charge in [-0.1, -0.05) is 6.07 Å². The number of amides is 2. The largest absolute Gasteiger partial charge is 0.455 e. The smallest absolute Gasteiger partial charge is 0.309 e. The Labute approximate surface area is 144 Å². The van der Waals surface area contributed by atoms with Gasteiger partial charge in [0.05, 0.1) is 23.3 Å². The molecule has 0 bridgehead atoms. The SMILES string of the molecule is N#CCCNC(=O)COC(=O)C1CCN(C(=O)c2cccs2)CC1. The van der Waals surface area contributed by atoms with Crippen LogP contribution >= 0.6 is 11.3 Å². The Bertz CT molecular complexity index is 616. The Balaban J connectivity index is 1.70. The highest BCUT2D eigenvalue weighted by Gasteiger charge is 2.29. The van der Waals surface area contributed by atoms with E-state index in [1.165, 1.54) is 11.3 Å². The molecular formula is C16H19N3O4S. The molecule has 0 atom stereocenters.